The second-order valence-electron chi connectivity index (χ2n) is 7.12. The smallest absolute Gasteiger partial charge is 0.270 e. The van der Waals surface area contributed by atoms with Crippen LogP contribution in [-0.2, 0) is 6.54 Å². The number of hydrogen-bond acceptors (Lipinski definition) is 6. The number of nitrogens with zero attached hydrogens (tertiary/aromatic N) is 5. The fourth-order valence-corrected chi connectivity index (χ4v) is 3.48. The van der Waals surface area contributed by atoms with Crippen LogP contribution in [0.5, 0.6) is 0 Å². The van der Waals surface area contributed by atoms with E-state index in [4.69, 9.17) is 10.7 Å². The van der Waals surface area contributed by atoms with Gasteiger partial charge in [0.25, 0.3) is 5.91 Å². The van der Waals surface area contributed by atoms with E-state index in [9.17, 15) is 4.79 Å². The van der Waals surface area contributed by atoms with Gasteiger partial charge in [-0.2, -0.15) is 0 Å². The van der Waals surface area contributed by atoms with Crippen molar-refractivity contribution in [3.05, 3.63) is 96.6 Å². The molecular weight excluding hydrogens is 402 g/mol. The molecule has 0 radical (unpaired) electrons. The van der Waals surface area contributed by atoms with Gasteiger partial charge in [-0.1, -0.05) is 18.2 Å². The van der Waals surface area contributed by atoms with Gasteiger partial charge in [-0.25, -0.2) is 15.0 Å². The lowest BCUT2D eigenvalue weighted by molar-refractivity contribution is 0.0946. The van der Waals surface area contributed by atoms with Gasteiger partial charge in [0.2, 0.25) is 0 Å². The number of anilines is 1. The molecule has 1 aromatic carbocycles. The Labute approximate surface area is 183 Å². The quantitative estimate of drug-likeness (QED) is 0.450. The summed E-state index contributed by atoms with van der Waals surface area (Å²) >= 11 is 0. The SMILES string of the molecule is Nc1ncccc1-c1nc2cccnc2n1-c1ccc(CNC(=O)c2ccccn2)cc1. The van der Waals surface area contributed by atoms with Crippen molar-refractivity contribution in [1.29, 1.82) is 0 Å². The van der Waals surface area contributed by atoms with Gasteiger partial charge in [-0.05, 0) is 54.1 Å². The van der Waals surface area contributed by atoms with Crippen molar-refractivity contribution in [2.75, 3.05) is 5.73 Å². The first-order valence-electron chi connectivity index (χ1n) is 10.0. The first kappa shape index (κ1) is 19.4. The number of amides is 1. The van der Waals surface area contributed by atoms with Gasteiger partial charge in [0.15, 0.2) is 11.5 Å². The topological polar surface area (TPSA) is 112 Å². The molecule has 32 heavy (non-hydrogen) atoms. The van der Waals surface area contributed by atoms with Crippen LogP contribution in [0.25, 0.3) is 28.2 Å². The number of imidazole rings is 1. The minimum absolute atomic E-state index is 0.214. The molecule has 0 aliphatic carbocycles. The first-order valence-corrected chi connectivity index (χ1v) is 10.0. The predicted molar refractivity (Wildman–Crippen MR) is 122 cm³/mol. The fraction of sp³-hybridized carbons (Fsp3) is 0.0417. The van der Waals surface area contributed by atoms with E-state index in [2.05, 4.69) is 20.3 Å². The molecule has 0 aliphatic heterocycles. The van der Waals surface area contributed by atoms with Crippen LogP contribution in [-0.4, -0.2) is 30.4 Å². The van der Waals surface area contributed by atoms with Crippen LogP contribution in [0.1, 0.15) is 16.1 Å². The molecule has 4 heterocycles. The molecule has 0 fully saturated rings. The number of nitrogens with one attached hydrogen (secondary N) is 1. The highest BCUT2D eigenvalue weighted by Crippen LogP contribution is 2.30. The molecule has 0 spiro atoms. The number of nitrogen functional groups attached to an aromatic ring is 1. The maximum absolute atomic E-state index is 12.2. The molecule has 4 aromatic heterocycles. The maximum Gasteiger partial charge on any atom is 0.270 e. The van der Waals surface area contributed by atoms with Crippen molar-refractivity contribution in [2.45, 2.75) is 6.54 Å². The lowest BCUT2D eigenvalue weighted by Crippen LogP contribution is -2.23. The molecule has 0 saturated carbocycles. The van der Waals surface area contributed by atoms with Crippen molar-refractivity contribution in [2.24, 2.45) is 0 Å². The average molecular weight is 421 g/mol. The van der Waals surface area contributed by atoms with E-state index >= 15 is 0 Å². The van der Waals surface area contributed by atoms with Gasteiger partial charge in [-0.3, -0.25) is 14.3 Å². The molecule has 8 nitrogen and oxygen atoms in total. The zero-order chi connectivity index (χ0) is 21.9. The summed E-state index contributed by atoms with van der Waals surface area (Å²) in [6.45, 7) is 0.390. The molecule has 5 rings (SSSR count). The Morgan fingerprint density at radius 2 is 1.66 bits per heavy atom. The summed E-state index contributed by atoms with van der Waals surface area (Å²) in [4.78, 5) is 29.8. The van der Waals surface area contributed by atoms with E-state index < -0.39 is 0 Å². The third kappa shape index (κ3) is 3.65. The number of rotatable bonds is 5. The predicted octanol–water partition coefficient (Wildman–Crippen LogP) is 3.39. The van der Waals surface area contributed by atoms with Gasteiger partial charge < -0.3 is 11.1 Å². The van der Waals surface area contributed by atoms with Crippen molar-refractivity contribution in [3.8, 4) is 17.1 Å². The third-order valence-corrected chi connectivity index (χ3v) is 5.04. The van der Waals surface area contributed by atoms with E-state index in [1.54, 1.807) is 36.8 Å². The fourth-order valence-electron chi connectivity index (χ4n) is 3.48. The van der Waals surface area contributed by atoms with Crippen LogP contribution >= 0.6 is 0 Å². The van der Waals surface area contributed by atoms with E-state index in [0.29, 0.717) is 23.9 Å². The third-order valence-electron chi connectivity index (χ3n) is 5.04. The number of hydrogen-bond donors (Lipinski definition) is 2. The summed E-state index contributed by atoms with van der Waals surface area (Å²) in [6.07, 6.45) is 4.98. The molecule has 156 valence electrons. The van der Waals surface area contributed by atoms with Crippen LogP contribution in [0.2, 0.25) is 0 Å². The van der Waals surface area contributed by atoms with Gasteiger partial charge in [0.05, 0.1) is 5.56 Å². The van der Waals surface area contributed by atoms with E-state index in [1.807, 2.05) is 53.1 Å². The number of carbonyl (C=O) groups excluding carboxylic acids is 1. The largest absolute Gasteiger partial charge is 0.383 e. The monoisotopic (exact) mass is 421 g/mol. The number of carbonyl (C=O) groups is 1. The number of pyridine rings is 3. The number of aromatic nitrogens is 5. The lowest BCUT2D eigenvalue weighted by Gasteiger charge is -2.11. The van der Waals surface area contributed by atoms with Crippen LogP contribution in [0.3, 0.4) is 0 Å². The summed E-state index contributed by atoms with van der Waals surface area (Å²) in [5.74, 6) is 0.854. The Kier molecular flexibility index (Phi) is 5.01. The zero-order valence-corrected chi connectivity index (χ0v) is 17.0. The molecule has 0 saturated heterocycles. The Morgan fingerprint density at radius 3 is 2.44 bits per heavy atom. The second kappa shape index (κ2) is 8.27. The standard InChI is InChI=1S/C24H19N7O/c25-21-18(5-3-13-27-21)22-30-19-7-4-14-28-23(19)31(22)17-10-8-16(9-11-17)15-29-24(32)20-6-1-2-12-26-20/h1-14H,15H2,(H2,25,27)(H,29,32). The summed E-state index contributed by atoms with van der Waals surface area (Å²) in [7, 11) is 0. The number of benzene rings is 1. The van der Waals surface area contributed by atoms with Crippen LogP contribution in [0, 0.1) is 0 Å². The molecule has 1 amide bonds. The van der Waals surface area contributed by atoms with E-state index in [-0.39, 0.29) is 5.91 Å². The second-order valence-corrected chi connectivity index (χ2v) is 7.12. The van der Waals surface area contributed by atoms with Crippen LogP contribution in [0.4, 0.5) is 5.82 Å². The van der Waals surface area contributed by atoms with Gasteiger partial charge in [-0.15, -0.1) is 0 Å². The maximum atomic E-state index is 12.2. The highest BCUT2D eigenvalue weighted by atomic mass is 16.1. The van der Waals surface area contributed by atoms with E-state index in [0.717, 1.165) is 28.0 Å². The summed E-state index contributed by atoms with van der Waals surface area (Å²) < 4.78 is 1.96. The lowest BCUT2D eigenvalue weighted by atomic mass is 10.2. The van der Waals surface area contributed by atoms with Crippen molar-refractivity contribution in [1.82, 2.24) is 29.8 Å². The number of nitrogens with two attached hydrogens (primary N) is 1. The normalized spacial score (nSPS) is 10.9. The molecule has 0 atom stereocenters. The summed E-state index contributed by atoms with van der Waals surface area (Å²) in [6, 6.07) is 20.6. The Bertz CT molecular complexity index is 1400. The summed E-state index contributed by atoms with van der Waals surface area (Å²) in [5, 5.41) is 2.89. The van der Waals surface area contributed by atoms with Gasteiger partial charge in [0.1, 0.15) is 17.0 Å². The van der Waals surface area contributed by atoms with E-state index in [1.165, 1.54) is 0 Å². The first-order chi connectivity index (χ1) is 15.7. The zero-order valence-electron chi connectivity index (χ0n) is 17.0. The molecule has 0 unspecified atom stereocenters. The van der Waals surface area contributed by atoms with Crippen molar-refractivity contribution in [3.63, 3.8) is 0 Å². The Hall–Kier alpha value is -4.59. The highest BCUT2D eigenvalue weighted by molar-refractivity contribution is 5.92. The van der Waals surface area contributed by atoms with Gasteiger partial charge in [0, 0.05) is 30.8 Å². The molecule has 0 aliphatic rings. The minimum Gasteiger partial charge on any atom is -0.383 e. The van der Waals surface area contributed by atoms with Crippen LogP contribution in [0.15, 0.2) is 85.3 Å². The van der Waals surface area contributed by atoms with Crippen LogP contribution < -0.4 is 11.1 Å². The Morgan fingerprint density at radius 1 is 0.875 bits per heavy atom. The summed E-state index contributed by atoms with van der Waals surface area (Å²) in [5.41, 5.74) is 10.6. The number of fused-ring (bicyclic) bond motifs is 1. The van der Waals surface area contributed by atoms with Gasteiger partial charge >= 0.3 is 0 Å². The minimum atomic E-state index is -0.214. The molecular formula is C24H19N7O. The average Bonchev–Trinajstić information content (AvgIpc) is 3.23. The molecule has 3 N–H and O–H groups in total. The Balaban J connectivity index is 1.46. The molecule has 8 heteroatoms. The van der Waals surface area contributed by atoms with Crippen molar-refractivity contribution >= 4 is 22.9 Å². The molecule has 0 bridgehead atoms. The molecule has 5 aromatic rings. The van der Waals surface area contributed by atoms with Crippen molar-refractivity contribution < 1.29 is 4.79 Å². The highest BCUT2D eigenvalue weighted by Gasteiger charge is 2.17.